The van der Waals surface area contributed by atoms with E-state index in [-0.39, 0.29) is 28.3 Å². The zero-order valence-corrected chi connectivity index (χ0v) is 20.4. The third-order valence-corrected chi connectivity index (χ3v) is 6.89. The molecule has 1 heterocycles. The second-order valence-electron chi connectivity index (χ2n) is 6.70. The second-order valence-corrected chi connectivity index (χ2v) is 8.79. The van der Waals surface area contributed by atoms with Crippen LogP contribution >= 0.6 is 46.1 Å². The largest absolute Gasteiger partial charge is 0.494 e. The fourth-order valence-corrected chi connectivity index (χ4v) is 4.28. The van der Waals surface area contributed by atoms with Gasteiger partial charge in [0.05, 0.1) is 27.7 Å². The number of amides is 2. The van der Waals surface area contributed by atoms with Crippen molar-refractivity contribution >= 4 is 69.3 Å². The summed E-state index contributed by atoms with van der Waals surface area (Å²) in [4.78, 5) is 25.3. The van der Waals surface area contributed by atoms with Crippen molar-refractivity contribution in [2.45, 2.75) is 13.8 Å². The molecule has 0 aliphatic heterocycles. The summed E-state index contributed by atoms with van der Waals surface area (Å²) in [6, 6.07) is 8.40. The lowest BCUT2D eigenvalue weighted by molar-refractivity contribution is -0.118. The summed E-state index contributed by atoms with van der Waals surface area (Å²) in [7, 11) is 1.47. The van der Waals surface area contributed by atoms with E-state index in [1.807, 2.05) is 5.38 Å². The molecular weight excluding hydrogens is 495 g/mol. The maximum atomic E-state index is 12.4. The summed E-state index contributed by atoms with van der Waals surface area (Å²) in [5.41, 5.74) is 2.18. The first kappa shape index (κ1) is 24.2. The Kier molecular flexibility index (Phi) is 7.90. The SMILES string of the molecule is COc1cc(NC(=O)COc2c(Cl)c(C)c(Cl)c(C)c2Cl)ccc1NC(=O)c1cccs1. The average Bonchev–Trinajstić information content (AvgIpc) is 3.32. The maximum absolute atomic E-state index is 12.4. The van der Waals surface area contributed by atoms with Gasteiger partial charge in [-0.3, -0.25) is 9.59 Å². The number of carbonyl (C=O) groups excluding carboxylic acids is 2. The third-order valence-electron chi connectivity index (χ3n) is 4.54. The first-order chi connectivity index (χ1) is 15.2. The van der Waals surface area contributed by atoms with Gasteiger partial charge in [0.1, 0.15) is 5.75 Å². The van der Waals surface area contributed by atoms with Gasteiger partial charge in [-0.25, -0.2) is 0 Å². The lowest BCUT2D eigenvalue weighted by Crippen LogP contribution is -2.20. The van der Waals surface area contributed by atoms with Crippen LogP contribution in [-0.2, 0) is 4.79 Å². The van der Waals surface area contributed by atoms with E-state index in [9.17, 15) is 9.59 Å². The molecule has 2 N–H and O–H groups in total. The van der Waals surface area contributed by atoms with Gasteiger partial charge in [-0.15, -0.1) is 11.3 Å². The number of anilines is 2. The molecule has 0 unspecified atom stereocenters. The highest BCUT2D eigenvalue weighted by atomic mass is 35.5. The number of benzene rings is 2. The Labute approximate surface area is 204 Å². The molecule has 2 amide bonds. The van der Waals surface area contributed by atoms with E-state index in [4.69, 9.17) is 44.3 Å². The average molecular weight is 514 g/mol. The Bertz CT molecular complexity index is 1140. The summed E-state index contributed by atoms with van der Waals surface area (Å²) in [6.07, 6.45) is 0. The van der Waals surface area contributed by atoms with Crippen LogP contribution in [0.15, 0.2) is 35.7 Å². The first-order valence-corrected chi connectivity index (χ1v) is 11.3. The molecule has 3 aromatic rings. The molecule has 0 fully saturated rings. The Morgan fingerprint density at radius 3 is 2.28 bits per heavy atom. The molecule has 0 bridgehead atoms. The van der Waals surface area contributed by atoms with Gasteiger partial charge in [0.15, 0.2) is 12.4 Å². The molecule has 0 aliphatic rings. The van der Waals surface area contributed by atoms with Crippen LogP contribution in [0, 0.1) is 13.8 Å². The topological polar surface area (TPSA) is 76.7 Å². The molecule has 3 rings (SSSR count). The predicted octanol–water partition coefficient (Wildman–Crippen LogP) is 6.60. The normalized spacial score (nSPS) is 10.6. The van der Waals surface area contributed by atoms with E-state index in [1.165, 1.54) is 18.4 Å². The van der Waals surface area contributed by atoms with Crippen LogP contribution in [0.3, 0.4) is 0 Å². The van der Waals surface area contributed by atoms with Crippen molar-refractivity contribution < 1.29 is 19.1 Å². The van der Waals surface area contributed by atoms with Crippen molar-refractivity contribution in [3.63, 3.8) is 0 Å². The van der Waals surface area contributed by atoms with Crippen LogP contribution in [0.2, 0.25) is 15.1 Å². The standard InChI is InChI=1S/C22H19Cl3N2O4S/c1-11-18(23)12(2)20(25)21(19(11)24)31-10-17(28)26-13-6-7-14(15(9-13)30-3)27-22(29)16-5-4-8-32-16/h4-9H,10H2,1-3H3,(H,26,28)(H,27,29). The Morgan fingerprint density at radius 2 is 1.69 bits per heavy atom. The van der Waals surface area contributed by atoms with Crippen LogP contribution in [0.4, 0.5) is 11.4 Å². The number of methoxy groups -OCH3 is 1. The molecule has 0 saturated carbocycles. The Balaban J connectivity index is 1.67. The van der Waals surface area contributed by atoms with Crippen LogP contribution in [0.25, 0.3) is 0 Å². The van der Waals surface area contributed by atoms with E-state index in [0.29, 0.717) is 38.2 Å². The number of carbonyl (C=O) groups is 2. The van der Waals surface area contributed by atoms with Crippen molar-refractivity contribution in [1.29, 1.82) is 0 Å². The number of thiophene rings is 1. The van der Waals surface area contributed by atoms with Crippen LogP contribution < -0.4 is 20.1 Å². The van der Waals surface area contributed by atoms with E-state index in [1.54, 1.807) is 44.2 Å². The van der Waals surface area contributed by atoms with E-state index >= 15 is 0 Å². The number of rotatable bonds is 7. The minimum Gasteiger partial charge on any atom is -0.494 e. The van der Waals surface area contributed by atoms with Gasteiger partial charge in [0.25, 0.3) is 11.8 Å². The fourth-order valence-electron chi connectivity index (χ4n) is 2.84. The molecule has 2 aromatic carbocycles. The predicted molar refractivity (Wildman–Crippen MR) is 130 cm³/mol. The maximum Gasteiger partial charge on any atom is 0.265 e. The molecule has 0 radical (unpaired) electrons. The van der Waals surface area contributed by atoms with Crippen LogP contribution in [0.1, 0.15) is 20.8 Å². The highest BCUT2D eigenvalue weighted by Gasteiger charge is 2.19. The lowest BCUT2D eigenvalue weighted by atomic mass is 10.1. The summed E-state index contributed by atoms with van der Waals surface area (Å²) in [5, 5.41) is 8.28. The molecule has 168 valence electrons. The number of hydrogen-bond acceptors (Lipinski definition) is 5. The highest BCUT2D eigenvalue weighted by Crippen LogP contribution is 2.42. The zero-order chi connectivity index (χ0) is 23.4. The van der Waals surface area contributed by atoms with Crippen molar-refractivity contribution in [1.82, 2.24) is 0 Å². The number of hydrogen-bond donors (Lipinski definition) is 2. The Morgan fingerprint density at radius 1 is 1.00 bits per heavy atom. The molecule has 10 heteroatoms. The summed E-state index contributed by atoms with van der Waals surface area (Å²) in [5.74, 6) is -0.0821. The smallest absolute Gasteiger partial charge is 0.265 e. The van der Waals surface area contributed by atoms with Gasteiger partial charge < -0.3 is 20.1 Å². The minimum atomic E-state index is -0.431. The van der Waals surface area contributed by atoms with Gasteiger partial charge >= 0.3 is 0 Å². The van der Waals surface area contributed by atoms with Crippen molar-refractivity contribution in [3.8, 4) is 11.5 Å². The zero-order valence-electron chi connectivity index (χ0n) is 17.3. The minimum absolute atomic E-state index is 0.201. The highest BCUT2D eigenvalue weighted by molar-refractivity contribution is 7.12. The molecule has 0 saturated heterocycles. The lowest BCUT2D eigenvalue weighted by Gasteiger charge is -2.16. The van der Waals surface area contributed by atoms with Crippen molar-refractivity contribution in [2.75, 3.05) is 24.4 Å². The molecule has 1 aromatic heterocycles. The van der Waals surface area contributed by atoms with E-state index in [0.717, 1.165) is 0 Å². The van der Waals surface area contributed by atoms with Gasteiger partial charge in [-0.1, -0.05) is 40.9 Å². The molecular formula is C22H19Cl3N2O4S. The monoisotopic (exact) mass is 512 g/mol. The first-order valence-electron chi connectivity index (χ1n) is 9.32. The second kappa shape index (κ2) is 10.4. The fraction of sp³-hybridized carbons (Fsp3) is 0.182. The van der Waals surface area contributed by atoms with Crippen molar-refractivity contribution in [3.05, 3.63) is 66.8 Å². The van der Waals surface area contributed by atoms with Gasteiger partial charge in [0, 0.05) is 16.8 Å². The van der Waals surface area contributed by atoms with E-state index in [2.05, 4.69) is 10.6 Å². The van der Waals surface area contributed by atoms with E-state index < -0.39 is 5.91 Å². The third kappa shape index (κ3) is 5.30. The number of nitrogens with one attached hydrogen (secondary N) is 2. The summed E-state index contributed by atoms with van der Waals surface area (Å²) >= 11 is 20.1. The molecule has 0 spiro atoms. The Hall–Kier alpha value is -2.45. The van der Waals surface area contributed by atoms with Crippen LogP contribution in [-0.4, -0.2) is 25.5 Å². The molecule has 32 heavy (non-hydrogen) atoms. The van der Waals surface area contributed by atoms with Crippen LogP contribution in [0.5, 0.6) is 11.5 Å². The van der Waals surface area contributed by atoms with Gasteiger partial charge in [0.2, 0.25) is 0 Å². The van der Waals surface area contributed by atoms with Gasteiger partial charge in [-0.2, -0.15) is 0 Å². The number of halogens is 3. The molecule has 0 atom stereocenters. The quantitative estimate of drug-likeness (QED) is 0.373. The molecule has 0 aliphatic carbocycles. The van der Waals surface area contributed by atoms with Gasteiger partial charge in [-0.05, 0) is 48.6 Å². The summed E-state index contributed by atoms with van der Waals surface area (Å²) in [6.45, 7) is 3.16. The molecule has 6 nitrogen and oxygen atoms in total. The van der Waals surface area contributed by atoms with Crippen molar-refractivity contribution in [2.24, 2.45) is 0 Å². The number of ether oxygens (including phenoxy) is 2. The summed E-state index contributed by atoms with van der Waals surface area (Å²) < 4.78 is 10.9.